The molecule has 1 fully saturated rings. The average Bonchev–Trinajstić information content (AvgIpc) is 3.06. The molecule has 1 aromatic heterocycles. The summed E-state index contributed by atoms with van der Waals surface area (Å²) in [6, 6.07) is 16.7. The average molecular weight is 457 g/mol. The lowest BCUT2D eigenvalue weighted by Gasteiger charge is -2.26. The Bertz CT molecular complexity index is 894. The molecule has 1 aliphatic rings. The van der Waals surface area contributed by atoms with Crippen LogP contribution in [0.4, 0.5) is 0 Å². The Morgan fingerprint density at radius 2 is 1.66 bits per heavy atom. The fourth-order valence-corrected chi connectivity index (χ4v) is 3.89. The lowest BCUT2D eigenvalue weighted by Crippen LogP contribution is -2.40. The van der Waals surface area contributed by atoms with E-state index in [9.17, 15) is 0 Å². The zero-order chi connectivity index (χ0) is 18.5. The van der Waals surface area contributed by atoms with Crippen molar-refractivity contribution in [2.75, 3.05) is 39.4 Å². The summed E-state index contributed by atoms with van der Waals surface area (Å²) < 4.78 is 7.71. The molecule has 2 aromatic carbocycles. The van der Waals surface area contributed by atoms with Gasteiger partial charge < -0.3 is 14.6 Å². The number of benzene rings is 2. The predicted molar refractivity (Wildman–Crippen MR) is 126 cm³/mol. The first-order valence-corrected chi connectivity index (χ1v) is 10.00. The van der Waals surface area contributed by atoms with Crippen LogP contribution in [0, 0.1) is 0 Å². The van der Waals surface area contributed by atoms with Crippen LogP contribution in [0.3, 0.4) is 0 Å². The van der Waals surface area contributed by atoms with Crippen LogP contribution in [0.5, 0.6) is 0 Å². The van der Waals surface area contributed by atoms with E-state index in [-0.39, 0.29) is 24.8 Å². The van der Waals surface area contributed by atoms with E-state index in [4.69, 9.17) is 16.3 Å². The number of halogens is 3. The first-order chi connectivity index (χ1) is 13.3. The third-order valence-electron chi connectivity index (χ3n) is 5.19. The number of hydrogen-bond acceptors (Lipinski definition) is 3. The summed E-state index contributed by atoms with van der Waals surface area (Å²) in [5, 5.41) is 5.74. The van der Waals surface area contributed by atoms with E-state index in [1.54, 1.807) is 0 Å². The molecule has 0 saturated carbocycles. The number of morpholine rings is 1. The van der Waals surface area contributed by atoms with Gasteiger partial charge in [0.2, 0.25) is 0 Å². The van der Waals surface area contributed by atoms with Crippen molar-refractivity contribution in [3.05, 3.63) is 70.9 Å². The third-order valence-corrected chi connectivity index (χ3v) is 5.56. The van der Waals surface area contributed by atoms with Crippen LogP contribution in [0.15, 0.2) is 54.7 Å². The molecule has 7 heteroatoms. The lowest BCUT2D eigenvalue weighted by atomic mass is 10.2. The highest BCUT2D eigenvalue weighted by atomic mass is 35.5. The van der Waals surface area contributed by atoms with Gasteiger partial charge >= 0.3 is 0 Å². The van der Waals surface area contributed by atoms with Crippen LogP contribution in [0.25, 0.3) is 10.9 Å². The van der Waals surface area contributed by atoms with E-state index < -0.39 is 0 Å². The van der Waals surface area contributed by atoms with Gasteiger partial charge in [-0.15, -0.1) is 24.8 Å². The molecule has 0 aliphatic carbocycles. The van der Waals surface area contributed by atoms with Crippen LogP contribution in [0.1, 0.15) is 11.1 Å². The number of rotatable bonds is 7. The molecule has 0 bridgehead atoms. The highest BCUT2D eigenvalue weighted by molar-refractivity contribution is 6.31. The number of fused-ring (bicyclic) bond motifs is 1. The standard InChI is InChI=1S/C22H26ClN3O.2ClH/c23-21-7-3-1-5-18(21)16-26-17-19(20-6-2-4-8-22(20)26)15-24-9-10-25-11-13-27-14-12-25;;/h1-8,17,24H,9-16H2;2*1H. The Morgan fingerprint density at radius 3 is 2.45 bits per heavy atom. The summed E-state index contributed by atoms with van der Waals surface area (Å²) in [4.78, 5) is 2.46. The van der Waals surface area contributed by atoms with Crippen LogP contribution < -0.4 is 5.32 Å². The van der Waals surface area contributed by atoms with Gasteiger partial charge in [0.05, 0.1) is 13.2 Å². The van der Waals surface area contributed by atoms with E-state index in [1.807, 2.05) is 18.2 Å². The largest absolute Gasteiger partial charge is 0.379 e. The number of ether oxygens (including phenoxy) is 1. The summed E-state index contributed by atoms with van der Waals surface area (Å²) in [5.74, 6) is 0. The van der Waals surface area contributed by atoms with Crippen molar-refractivity contribution in [2.45, 2.75) is 13.1 Å². The molecule has 0 unspecified atom stereocenters. The Kier molecular flexibility index (Phi) is 9.76. The summed E-state index contributed by atoms with van der Waals surface area (Å²) >= 11 is 6.37. The van der Waals surface area contributed by atoms with Gasteiger partial charge in [-0.3, -0.25) is 4.90 Å². The fraction of sp³-hybridized carbons (Fsp3) is 0.364. The van der Waals surface area contributed by atoms with Crippen molar-refractivity contribution in [3.63, 3.8) is 0 Å². The van der Waals surface area contributed by atoms with Crippen LogP contribution >= 0.6 is 36.4 Å². The molecule has 0 atom stereocenters. The summed E-state index contributed by atoms with van der Waals surface area (Å²) in [6.45, 7) is 7.52. The molecule has 2 heterocycles. The van der Waals surface area contributed by atoms with Gasteiger partial charge in [0.1, 0.15) is 0 Å². The van der Waals surface area contributed by atoms with Crippen molar-refractivity contribution in [1.82, 2.24) is 14.8 Å². The van der Waals surface area contributed by atoms with E-state index >= 15 is 0 Å². The summed E-state index contributed by atoms with van der Waals surface area (Å²) in [7, 11) is 0. The van der Waals surface area contributed by atoms with Gasteiger partial charge in [-0.1, -0.05) is 48.0 Å². The lowest BCUT2D eigenvalue weighted by molar-refractivity contribution is 0.0384. The second-order valence-electron chi connectivity index (χ2n) is 7.02. The SMILES string of the molecule is Cl.Cl.Clc1ccccc1Cn1cc(CNCCN2CCOCC2)c2ccccc21. The van der Waals surface area contributed by atoms with E-state index in [2.05, 4.69) is 51.3 Å². The van der Waals surface area contributed by atoms with E-state index in [0.717, 1.165) is 63.1 Å². The number of nitrogens with zero attached hydrogens (tertiary/aromatic N) is 2. The molecule has 1 aliphatic heterocycles. The maximum Gasteiger partial charge on any atom is 0.0594 e. The molecule has 4 rings (SSSR count). The second-order valence-corrected chi connectivity index (χ2v) is 7.43. The van der Waals surface area contributed by atoms with Gasteiger partial charge in [0.15, 0.2) is 0 Å². The van der Waals surface area contributed by atoms with Gasteiger partial charge in [-0.2, -0.15) is 0 Å². The topological polar surface area (TPSA) is 29.4 Å². The molecule has 0 amide bonds. The molecular formula is C22H28Cl3N3O. The highest BCUT2D eigenvalue weighted by Gasteiger charge is 2.11. The van der Waals surface area contributed by atoms with Gasteiger partial charge in [-0.25, -0.2) is 0 Å². The van der Waals surface area contributed by atoms with E-state index in [1.165, 1.54) is 16.5 Å². The zero-order valence-electron chi connectivity index (χ0n) is 16.4. The van der Waals surface area contributed by atoms with E-state index in [0.29, 0.717) is 0 Å². The third kappa shape index (κ3) is 6.11. The second kappa shape index (κ2) is 11.8. The zero-order valence-corrected chi connectivity index (χ0v) is 18.7. The minimum absolute atomic E-state index is 0. The van der Waals surface area contributed by atoms with Crippen LogP contribution in [-0.4, -0.2) is 48.9 Å². The molecule has 4 nitrogen and oxygen atoms in total. The van der Waals surface area contributed by atoms with Crippen molar-refractivity contribution in [2.24, 2.45) is 0 Å². The first kappa shape index (κ1) is 24.0. The molecule has 0 radical (unpaired) electrons. The molecular weight excluding hydrogens is 429 g/mol. The highest BCUT2D eigenvalue weighted by Crippen LogP contribution is 2.24. The van der Waals surface area contributed by atoms with Crippen molar-refractivity contribution in [1.29, 1.82) is 0 Å². The normalized spacial score (nSPS) is 14.4. The monoisotopic (exact) mass is 455 g/mol. The Hall–Kier alpha value is -1.27. The van der Waals surface area contributed by atoms with Gasteiger partial charge in [0.25, 0.3) is 0 Å². The summed E-state index contributed by atoms with van der Waals surface area (Å²) in [5.41, 5.74) is 3.73. The number of nitrogens with one attached hydrogen (secondary N) is 1. The van der Waals surface area contributed by atoms with Crippen molar-refractivity contribution >= 4 is 47.3 Å². The Morgan fingerprint density at radius 1 is 0.931 bits per heavy atom. The van der Waals surface area contributed by atoms with Gasteiger partial charge in [0, 0.05) is 61.4 Å². The van der Waals surface area contributed by atoms with Crippen LogP contribution in [-0.2, 0) is 17.8 Å². The molecule has 0 spiro atoms. The molecule has 1 saturated heterocycles. The number of aromatic nitrogens is 1. The minimum Gasteiger partial charge on any atom is -0.379 e. The number of para-hydroxylation sites is 1. The molecule has 1 N–H and O–H groups in total. The first-order valence-electron chi connectivity index (χ1n) is 9.62. The van der Waals surface area contributed by atoms with Crippen molar-refractivity contribution < 1.29 is 4.74 Å². The van der Waals surface area contributed by atoms with Gasteiger partial charge in [-0.05, 0) is 23.3 Å². The maximum absolute atomic E-state index is 6.37. The van der Waals surface area contributed by atoms with Crippen molar-refractivity contribution in [3.8, 4) is 0 Å². The smallest absolute Gasteiger partial charge is 0.0594 e. The minimum atomic E-state index is 0. The molecule has 158 valence electrons. The number of hydrogen-bond donors (Lipinski definition) is 1. The molecule has 3 aromatic rings. The quantitative estimate of drug-likeness (QED) is 0.527. The van der Waals surface area contributed by atoms with Crippen LogP contribution in [0.2, 0.25) is 5.02 Å². The fourth-order valence-electron chi connectivity index (χ4n) is 3.69. The Balaban J connectivity index is 0.00000150. The predicted octanol–water partition coefficient (Wildman–Crippen LogP) is 4.61. The summed E-state index contributed by atoms with van der Waals surface area (Å²) in [6.07, 6.45) is 2.26. The Labute approximate surface area is 190 Å². The molecule has 29 heavy (non-hydrogen) atoms. The maximum atomic E-state index is 6.37.